The highest BCUT2D eigenvalue weighted by Gasteiger charge is 2.06. The average molecular weight is 262 g/mol. The van der Waals surface area contributed by atoms with Crippen molar-refractivity contribution in [2.24, 2.45) is 0 Å². The van der Waals surface area contributed by atoms with Crippen LogP contribution in [0.25, 0.3) is 10.8 Å². The van der Waals surface area contributed by atoms with E-state index in [4.69, 9.17) is 11.2 Å². The Bertz CT molecular complexity index is 560. The van der Waals surface area contributed by atoms with Gasteiger partial charge in [0, 0.05) is 12.1 Å². The van der Waals surface area contributed by atoms with Crippen molar-refractivity contribution in [3.05, 3.63) is 42.0 Å². The van der Waals surface area contributed by atoms with Crippen molar-refractivity contribution >= 4 is 23.2 Å². The summed E-state index contributed by atoms with van der Waals surface area (Å²) in [6, 6.07) is 12.3. The Kier molecular flexibility index (Phi) is 5.51. The van der Waals surface area contributed by atoms with Crippen LogP contribution in [0.1, 0.15) is 5.56 Å². The van der Waals surface area contributed by atoms with Crippen molar-refractivity contribution in [1.29, 1.82) is 0 Å². The highest BCUT2D eigenvalue weighted by molar-refractivity contribution is 5.87. The summed E-state index contributed by atoms with van der Waals surface area (Å²) in [5.41, 5.74) is 1.15. The highest BCUT2D eigenvalue weighted by atomic mass is 35.5. The first-order valence-electron chi connectivity index (χ1n) is 5.55. The van der Waals surface area contributed by atoms with Crippen molar-refractivity contribution in [3.8, 4) is 18.1 Å². The smallest absolute Gasteiger partial charge is 0.123 e. The molecule has 2 nitrogen and oxygen atoms in total. The number of hydrogen-bond donors (Lipinski definition) is 1. The van der Waals surface area contributed by atoms with E-state index < -0.39 is 0 Å². The minimum absolute atomic E-state index is 0. The zero-order valence-electron chi connectivity index (χ0n) is 10.3. The van der Waals surface area contributed by atoms with Crippen LogP contribution < -0.4 is 10.1 Å². The summed E-state index contributed by atoms with van der Waals surface area (Å²) in [5.74, 6) is 3.47. The molecule has 2 aromatic carbocycles. The van der Waals surface area contributed by atoms with Gasteiger partial charge in [-0.1, -0.05) is 36.3 Å². The second kappa shape index (κ2) is 6.90. The fourth-order valence-corrected chi connectivity index (χ4v) is 1.95. The Labute approximate surface area is 114 Å². The number of ether oxygens (including phenoxy) is 1. The molecule has 0 bridgehead atoms. The van der Waals surface area contributed by atoms with Gasteiger partial charge in [-0.3, -0.25) is 0 Å². The van der Waals surface area contributed by atoms with Crippen molar-refractivity contribution in [2.75, 3.05) is 13.7 Å². The number of terminal acetylenes is 1. The van der Waals surface area contributed by atoms with Gasteiger partial charge in [0.15, 0.2) is 0 Å². The molecule has 3 heteroatoms. The summed E-state index contributed by atoms with van der Waals surface area (Å²) in [5, 5.41) is 5.62. The Morgan fingerprint density at radius 2 is 2.00 bits per heavy atom. The predicted molar refractivity (Wildman–Crippen MR) is 78.3 cm³/mol. The van der Waals surface area contributed by atoms with Crippen LogP contribution in [0.5, 0.6) is 5.75 Å². The molecule has 0 aliphatic carbocycles. The van der Waals surface area contributed by atoms with Crippen LogP contribution in [0, 0.1) is 12.3 Å². The summed E-state index contributed by atoms with van der Waals surface area (Å²) >= 11 is 0. The Morgan fingerprint density at radius 1 is 1.22 bits per heavy atom. The molecular formula is C15H16ClNO. The molecule has 18 heavy (non-hydrogen) atoms. The zero-order valence-corrected chi connectivity index (χ0v) is 11.1. The van der Waals surface area contributed by atoms with E-state index in [1.807, 2.05) is 18.2 Å². The number of rotatable bonds is 4. The molecule has 1 N–H and O–H groups in total. The molecule has 0 unspecified atom stereocenters. The van der Waals surface area contributed by atoms with Gasteiger partial charge in [-0.25, -0.2) is 0 Å². The standard InChI is InChI=1S/C15H15NO.ClH/c1-3-10-16-11-14-13-7-5-4-6-12(13)8-9-15(14)17-2;/h1,4-9,16H,10-11H2,2H3;1H. The lowest BCUT2D eigenvalue weighted by Gasteiger charge is -2.12. The molecule has 0 amide bonds. The first-order valence-corrected chi connectivity index (χ1v) is 5.55. The first-order chi connectivity index (χ1) is 8.36. The second-order valence-corrected chi connectivity index (χ2v) is 3.78. The summed E-state index contributed by atoms with van der Waals surface area (Å²) in [7, 11) is 1.69. The minimum atomic E-state index is 0. The minimum Gasteiger partial charge on any atom is -0.496 e. The van der Waals surface area contributed by atoms with Gasteiger partial charge in [-0.15, -0.1) is 18.8 Å². The molecule has 0 aliphatic heterocycles. The van der Waals surface area contributed by atoms with Crippen molar-refractivity contribution in [3.63, 3.8) is 0 Å². The lowest BCUT2D eigenvalue weighted by Crippen LogP contribution is -2.14. The Balaban J connectivity index is 0.00000162. The fourth-order valence-electron chi connectivity index (χ4n) is 1.95. The quantitative estimate of drug-likeness (QED) is 0.675. The molecule has 0 heterocycles. The van der Waals surface area contributed by atoms with Crippen LogP contribution in [0.2, 0.25) is 0 Å². The average Bonchev–Trinajstić information content (AvgIpc) is 2.39. The van der Waals surface area contributed by atoms with E-state index in [9.17, 15) is 0 Å². The lowest BCUT2D eigenvalue weighted by molar-refractivity contribution is 0.409. The maximum Gasteiger partial charge on any atom is 0.123 e. The number of fused-ring (bicyclic) bond motifs is 1. The Morgan fingerprint density at radius 3 is 2.72 bits per heavy atom. The monoisotopic (exact) mass is 261 g/mol. The SMILES string of the molecule is C#CCNCc1c(OC)ccc2ccccc12.Cl. The number of nitrogens with one attached hydrogen (secondary N) is 1. The van der Waals surface area contributed by atoms with Gasteiger partial charge in [-0.2, -0.15) is 0 Å². The van der Waals surface area contributed by atoms with Crippen LogP contribution >= 0.6 is 12.4 Å². The number of halogens is 1. The zero-order chi connectivity index (χ0) is 12.1. The van der Waals surface area contributed by atoms with Crippen molar-refractivity contribution in [1.82, 2.24) is 5.32 Å². The van der Waals surface area contributed by atoms with Crippen molar-refractivity contribution < 1.29 is 4.74 Å². The predicted octanol–water partition coefficient (Wildman–Crippen LogP) is 2.99. The van der Waals surface area contributed by atoms with E-state index in [1.165, 1.54) is 10.8 Å². The van der Waals surface area contributed by atoms with Gasteiger partial charge in [0.25, 0.3) is 0 Å². The lowest BCUT2D eigenvalue weighted by atomic mass is 10.0. The highest BCUT2D eigenvalue weighted by Crippen LogP contribution is 2.27. The molecule has 0 fully saturated rings. The van der Waals surface area contributed by atoms with E-state index in [-0.39, 0.29) is 12.4 Å². The van der Waals surface area contributed by atoms with Crippen LogP contribution in [0.15, 0.2) is 36.4 Å². The topological polar surface area (TPSA) is 21.3 Å². The van der Waals surface area contributed by atoms with Crippen molar-refractivity contribution in [2.45, 2.75) is 6.54 Å². The van der Waals surface area contributed by atoms with E-state index in [0.29, 0.717) is 13.1 Å². The van der Waals surface area contributed by atoms with Gasteiger partial charge >= 0.3 is 0 Å². The molecule has 94 valence electrons. The number of benzene rings is 2. The third-order valence-corrected chi connectivity index (χ3v) is 2.75. The molecule has 0 saturated carbocycles. The van der Waals surface area contributed by atoms with Gasteiger partial charge < -0.3 is 10.1 Å². The van der Waals surface area contributed by atoms with E-state index in [2.05, 4.69) is 29.4 Å². The third kappa shape index (κ3) is 2.95. The summed E-state index contributed by atoms with van der Waals surface area (Å²) < 4.78 is 5.39. The molecule has 0 atom stereocenters. The van der Waals surface area contributed by atoms with Gasteiger partial charge in [0.2, 0.25) is 0 Å². The summed E-state index contributed by atoms with van der Waals surface area (Å²) in [6.45, 7) is 1.28. The Hall–Kier alpha value is -1.69. The van der Waals surface area contributed by atoms with Crippen LogP contribution in [0.3, 0.4) is 0 Å². The van der Waals surface area contributed by atoms with Gasteiger partial charge in [-0.05, 0) is 16.8 Å². The molecule has 2 rings (SSSR count). The third-order valence-electron chi connectivity index (χ3n) is 2.75. The maximum atomic E-state index is 5.39. The van der Waals surface area contributed by atoms with E-state index in [0.717, 1.165) is 11.3 Å². The van der Waals surface area contributed by atoms with Gasteiger partial charge in [0.1, 0.15) is 5.75 Å². The van der Waals surface area contributed by atoms with E-state index >= 15 is 0 Å². The summed E-state index contributed by atoms with van der Waals surface area (Å²) in [4.78, 5) is 0. The van der Waals surface area contributed by atoms with E-state index in [1.54, 1.807) is 7.11 Å². The number of hydrogen-bond acceptors (Lipinski definition) is 2. The van der Waals surface area contributed by atoms with Gasteiger partial charge in [0.05, 0.1) is 13.7 Å². The first kappa shape index (κ1) is 14.4. The maximum absolute atomic E-state index is 5.39. The number of methoxy groups -OCH3 is 1. The van der Waals surface area contributed by atoms with Crippen LogP contribution in [-0.2, 0) is 6.54 Å². The molecule has 0 spiro atoms. The normalized spacial score (nSPS) is 9.56. The molecule has 0 aromatic heterocycles. The molecular weight excluding hydrogens is 246 g/mol. The molecule has 2 aromatic rings. The fraction of sp³-hybridized carbons (Fsp3) is 0.200. The molecule has 0 aliphatic rings. The molecule has 0 radical (unpaired) electrons. The van der Waals surface area contributed by atoms with Crippen LogP contribution in [-0.4, -0.2) is 13.7 Å². The molecule has 0 saturated heterocycles. The summed E-state index contributed by atoms with van der Waals surface area (Å²) in [6.07, 6.45) is 5.23. The van der Waals surface area contributed by atoms with Crippen LogP contribution in [0.4, 0.5) is 0 Å². The second-order valence-electron chi connectivity index (χ2n) is 3.78. The largest absolute Gasteiger partial charge is 0.496 e.